The van der Waals surface area contributed by atoms with Crippen molar-refractivity contribution in [2.24, 2.45) is 0 Å². The molecule has 2 heteroatoms. The molecule has 0 bridgehead atoms. The molecule has 2 unspecified atom stereocenters. The molecular formula is C13H27NO. The van der Waals surface area contributed by atoms with E-state index in [1.54, 1.807) is 0 Å². The second kappa shape index (κ2) is 8.12. The van der Waals surface area contributed by atoms with Crippen LogP contribution >= 0.6 is 0 Å². The molecule has 2 atom stereocenters. The van der Waals surface area contributed by atoms with Crippen LogP contribution < -0.4 is 5.32 Å². The Labute approximate surface area is 94.5 Å². The van der Waals surface area contributed by atoms with Gasteiger partial charge in [-0.15, -0.1) is 0 Å². The Hall–Kier alpha value is -0.0800. The van der Waals surface area contributed by atoms with Crippen molar-refractivity contribution in [3.05, 3.63) is 0 Å². The fraction of sp³-hybridized carbons (Fsp3) is 1.00. The van der Waals surface area contributed by atoms with Crippen LogP contribution in [0.15, 0.2) is 0 Å². The van der Waals surface area contributed by atoms with Gasteiger partial charge in [0.25, 0.3) is 0 Å². The number of rotatable bonds is 8. The smallest absolute Gasteiger partial charge is 0.0693 e. The number of hydrogen-bond donors (Lipinski definition) is 2. The van der Waals surface area contributed by atoms with Crippen LogP contribution in [0.1, 0.15) is 64.7 Å². The minimum Gasteiger partial charge on any atom is -0.392 e. The van der Waals surface area contributed by atoms with Crippen LogP contribution in [0.5, 0.6) is 0 Å². The second-order valence-corrected chi connectivity index (χ2v) is 4.83. The van der Waals surface area contributed by atoms with E-state index in [1.807, 2.05) is 0 Å². The van der Waals surface area contributed by atoms with Crippen molar-refractivity contribution in [2.45, 2.75) is 76.9 Å². The van der Waals surface area contributed by atoms with Gasteiger partial charge >= 0.3 is 0 Å². The lowest BCUT2D eigenvalue weighted by atomic mass is 10.1. The monoisotopic (exact) mass is 213 g/mol. The molecule has 0 heterocycles. The summed E-state index contributed by atoms with van der Waals surface area (Å²) in [5.74, 6) is 0. The van der Waals surface area contributed by atoms with Crippen molar-refractivity contribution in [2.75, 3.05) is 6.54 Å². The first-order valence-corrected chi connectivity index (χ1v) is 6.76. The van der Waals surface area contributed by atoms with Gasteiger partial charge in [0.1, 0.15) is 0 Å². The van der Waals surface area contributed by atoms with Crippen LogP contribution in [0.2, 0.25) is 0 Å². The summed E-state index contributed by atoms with van der Waals surface area (Å²) < 4.78 is 0. The number of hydrogen-bond acceptors (Lipinski definition) is 2. The van der Waals surface area contributed by atoms with Crippen molar-refractivity contribution in [1.82, 2.24) is 5.32 Å². The summed E-state index contributed by atoms with van der Waals surface area (Å²) in [6.45, 7) is 3.34. The highest BCUT2D eigenvalue weighted by Gasteiger charge is 2.23. The van der Waals surface area contributed by atoms with Gasteiger partial charge in [-0.2, -0.15) is 0 Å². The molecule has 1 aliphatic rings. The molecule has 0 aromatic carbocycles. The van der Waals surface area contributed by atoms with E-state index in [4.69, 9.17) is 0 Å². The summed E-state index contributed by atoms with van der Waals surface area (Å²) in [5, 5.41) is 13.1. The van der Waals surface area contributed by atoms with Crippen molar-refractivity contribution in [1.29, 1.82) is 0 Å². The third kappa shape index (κ3) is 5.53. The van der Waals surface area contributed by atoms with E-state index in [9.17, 15) is 5.11 Å². The Morgan fingerprint density at radius 1 is 1.07 bits per heavy atom. The summed E-state index contributed by atoms with van der Waals surface area (Å²) in [4.78, 5) is 0. The van der Waals surface area contributed by atoms with Gasteiger partial charge < -0.3 is 10.4 Å². The van der Waals surface area contributed by atoms with Crippen molar-refractivity contribution in [3.63, 3.8) is 0 Å². The molecule has 0 spiro atoms. The largest absolute Gasteiger partial charge is 0.392 e. The molecule has 0 amide bonds. The molecule has 2 nitrogen and oxygen atoms in total. The summed E-state index contributed by atoms with van der Waals surface area (Å²) in [6.07, 6.45) is 11.4. The predicted molar refractivity (Wildman–Crippen MR) is 65.0 cm³/mol. The van der Waals surface area contributed by atoms with Crippen LogP contribution in [-0.4, -0.2) is 23.8 Å². The fourth-order valence-electron chi connectivity index (χ4n) is 2.37. The van der Waals surface area contributed by atoms with Gasteiger partial charge in [0.2, 0.25) is 0 Å². The molecule has 1 rings (SSSR count). The van der Waals surface area contributed by atoms with E-state index in [1.165, 1.54) is 44.9 Å². The SMILES string of the molecule is CCCCCCCCNC1CCCC1O. The third-order valence-electron chi connectivity index (χ3n) is 3.42. The number of unbranched alkanes of at least 4 members (excludes halogenated alkanes) is 5. The third-order valence-corrected chi connectivity index (χ3v) is 3.42. The molecule has 0 aliphatic heterocycles. The lowest BCUT2D eigenvalue weighted by Gasteiger charge is -2.16. The molecule has 0 aromatic heterocycles. The van der Waals surface area contributed by atoms with Gasteiger partial charge in [0, 0.05) is 6.04 Å². The van der Waals surface area contributed by atoms with Crippen molar-refractivity contribution >= 4 is 0 Å². The van der Waals surface area contributed by atoms with Crippen LogP contribution in [-0.2, 0) is 0 Å². The maximum atomic E-state index is 9.60. The van der Waals surface area contributed by atoms with Crippen molar-refractivity contribution in [3.8, 4) is 0 Å². The molecule has 0 saturated heterocycles. The first-order chi connectivity index (χ1) is 7.34. The highest BCUT2D eigenvalue weighted by atomic mass is 16.3. The van der Waals surface area contributed by atoms with Gasteiger partial charge in [-0.3, -0.25) is 0 Å². The zero-order chi connectivity index (χ0) is 10.9. The topological polar surface area (TPSA) is 32.3 Å². The maximum Gasteiger partial charge on any atom is 0.0693 e. The number of aliphatic hydroxyl groups is 1. The Morgan fingerprint density at radius 2 is 1.80 bits per heavy atom. The summed E-state index contributed by atoms with van der Waals surface area (Å²) >= 11 is 0. The fourth-order valence-corrected chi connectivity index (χ4v) is 2.37. The summed E-state index contributed by atoms with van der Waals surface area (Å²) in [7, 11) is 0. The number of aliphatic hydroxyl groups excluding tert-OH is 1. The Morgan fingerprint density at radius 3 is 2.47 bits per heavy atom. The van der Waals surface area contributed by atoms with Crippen LogP contribution in [0, 0.1) is 0 Å². The van der Waals surface area contributed by atoms with E-state index < -0.39 is 0 Å². The van der Waals surface area contributed by atoms with E-state index in [0.29, 0.717) is 6.04 Å². The Bertz CT molecular complexity index is 149. The van der Waals surface area contributed by atoms with E-state index >= 15 is 0 Å². The summed E-state index contributed by atoms with van der Waals surface area (Å²) in [5.41, 5.74) is 0. The minimum absolute atomic E-state index is 0.0786. The first-order valence-electron chi connectivity index (χ1n) is 6.76. The quantitative estimate of drug-likeness (QED) is 0.608. The van der Waals surface area contributed by atoms with E-state index in [-0.39, 0.29) is 6.10 Å². The van der Waals surface area contributed by atoms with E-state index in [0.717, 1.165) is 19.4 Å². The molecule has 2 N–H and O–H groups in total. The number of nitrogens with one attached hydrogen (secondary N) is 1. The van der Waals surface area contributed by atoms with Gasteiger partial charge in [-0.1, -0.05) is 39.0 Å². The van der Waals surface area contributed by atoms with Gasteiger partial charge in [-0.05, 0) is 32.2 Å². The average Bonchev–Trinajstić information content (AvgIpc) is 2.63. The lowest BCUT2D eigenvalue weighted by molar-refractivity contribution is 0.149. The Balaban J connectivity index is 1.84. The van der Waals surface area contributed by atoms with Gasteiger partial charge in [0.15, 0.2) is 0 Å². The normalized spacial score (nSPS) is 26.0. The predicted octanol–water partition coefficient (Wildman–Crippen LogP) is 2.85. The van der Waals surface area contributed by atoms with E-state index in [2.05, 4.69) is 12.2 Å². The highest BCUT2D eigenvalue weighted by molar-refractivity contribution is 4.82. The Kier molecular flexibility index (Phi) is 7.03. The highest BCUT2D eigenvalue weighted by Crippen LogP contribution is 2.18. The zero-order valence-electron chi connectivity index (χ0n) is 10.2. The van der Waals surface area contributed by atoms with Crippen LogP contribution in [0.4, 0.5) is 0 Å². The molecule has 90 valence electrons. The molecular weight excluding hydrogens is 186 g/mol. The van der Waals surface area contributed by atoms with Gasteiger partial charge in [-0.25, -0.2) is 0 Å². The first kappa shape index (κ1) is 13.0. The molecule has 1 aliphatic carbocycles. The minimum atomic E-state index is -0.0786. The molecule has 0 aromatic rings. The standard InChI is InChI=1S/C13H27NO/c1-2-3-4-5-6-7-11-14-12-9-8-10-13(12)15/h12-15H,2-11H2,1H3. The second-order valence-electron chi connectivity index (χ2n) is 4.83. The van der Waals surface area contributed by atoms with Crippen LogP contribution in [0.3, 0.4) is 0 Å². The average molecular weight is 213 g/mol. The molecule has 0 radical (unpaired) electrons. The zero-order valence-corrected chi connectivity index (χ0v) is 10.2. The molecule has 1 fully saturated rings. The maximum absolute atomic E-state index is 9.60. The molecule has 15 heavy (non-hydrogen) atoms. The van der Waals surface area contributed by atoms with Gasteiger partial charge in [0.05, 0.1) is 6.10 Å². The lowest BCUT2D eigenvalue weighted by Crippen LogP contribution is -2.36. The molecule has 1 saturated carbocycles. The summed E-state index contributed by atoms with van der Waals surface area (Å²) in [6, 6.07) is 0.389. The van der Waals surface area contributed by atoms with Crippen molar-refractivity contribution < 1.29 is 5.11 Å². The van der Waals surface area contributed by atoms with Crippen LogP contribution in [0.25, 0.3) is 0 Å².